The van der Waals surface area contributed by atoms with Gasteiger partial charge in [0.05, 0.1) is 10.6 Å². The Hall–Kier alpha value is -2.69. The van der Waals surface area contributed by atoms with Gasteiger partial charge < -0.3 is 9.73 Å². The van der Waals surface area contributed by atoms with Gasteiger partial charge in [-0.05, 0) is 56.0 Å². The maximum absolute atomic E-state index is 13.0. The molecule has 1 N–H and O–H groups in total. The predicted molar refractivity (Wildman–Crippen MR) is 128 cm³/mol. The summed E-state index contributed by atoms with van der Waals surface area (Å²) in [4.78, 5) is 12.6. The number of nitrogens with one attached hydrogen (secondary N) is 1. The topological polar surface area (TPSA) is 105 Å². The summed E-state index contributed by atoms with van der Waals surface area (Å²) in [6.45, 7) is 4.97. The summed E-state index contributed by atoms with van der Waals surface area (Å²) in [7, 11) is -3.56. The number of benzene rings is 2. The fourth-order valence-electron chi connectivity index (χ4n) is 3.74. The molecule has 0 radical (unpaired) electrons. The lowest BCUT2D eigenvalue weighted by Crippen LogP contribution is -2.35. The molecule has 8 nitrogen and oxygen atoms in total. The first-order valence-electron chi connectivity index (χ1n) is 10.8. The molecule has 0 spiro atoms. The minimum Gasteiger partial charge on any atom is -0.411 e. The summed E-state index contributed by atoms with van der Waals surface area (Å²) in [6.07, 6.45) is 2.80. The molecule has 0 atom stereocenters. The first-order chi connectivity index (χ1) is 15.8. The van der Waals surface area contributed by atoms with E-state index in [0.29, 0.717) is 18.7 Å². The van der Waals surface area contributed by atoms with E-state index in [9.17, 15) is 13.2 Å². The van der Waals surface area contributed by atoms with Gasteiger partial charge in [0.25, 0.3) is 5.22 Å². The Balaban J connectivity index is 1.42. The molecule has 33 heavy (non-hydrogen) atoms. The molecule has 3 aromatic rings. The average Bonchev–Trinajstić information content (AvgIpc) is 3.30. The van der Waals surface area contributed by atoms with Crippen LogP contribution in [0.3, 0.4) is 0 Å². The van der Waals surface area contributed by atoms with Crippen molar-refractivity contribution < 1.29 is 17.6 Å². The minimum absolute atomic E-state index is 0.110. The zero-order valence-electron chi connectivity index (χ0n) is 18.6. The third kappa shape index (κ3) is 5.45. The van der Waals surface area contributed by atoms with Crippen LogP contribution in [0.5, 0.6) is 0 Å². The Morgan fingerprint density at radius 1 is 1.06 bits per heavy atom. The van der Waals surface area contributed by atoms with Gasteiger partial charge >= 0.3 is 0 Å². The van der Waals surface area contributed by atoms with Gasteiger partial charge in [-0.25, -0.2) is 8.42 Å². The summed E-state index contributed by atoms with van der Waals surface area (Å²) in [6, 6.07) is 12.4. The molecular formula is C23H26N4O4S2. The van der Waals surface area contributed by atoms with E-state index in [1.807, 2.05) is 32.0 Å². The Morgan fingerprint density at radius 2 is 1.76 bits per heavy atom. The van der Waals surface area contributed by atoms with Crippen LogP contribution in [0.1, 0.15) is 30.4 Å². The summed E-state index contributed by atoms with van der Waals surface area (Å²) in [5.41, 5.74) is 3.31. The fraction of sp³-hybridized carbons (Fsp3) is 0.348. The third-order valence-electron chi connectivity index (χ3n) is 5.51. The van der Waals surface area contributed by atoms with Gasteiger partial charge in [0, 0.05) is 24.3 Å². The zero-order chi connectivity index (χ0) is 23.4. The molecule has 1 aliphatic heterocycles. The number of hydrogen-bond acceptors (Lipinski definition) is 7. The number of hydrogen-bond donors (Lipinski definition) is 1. The normalized spacial score (nSPS) is 14.8. The van der Waals surface area contributed by atoms with Crippen molar-refractivity contribution in [2.45, 2.75) is 43.2 Å². The molecule has 2 heterocycles. The lowest BCUT2D eigenvalue weighted by atomic mass is 10.1. The molecule has 1 aromatic heterocycles. The number of anilines is 1. The molecule has 0 saturated carbocycles. The van der Waals surface area contributed by atoms with Crippen LogP contribution in [0.4, 0.5) is 5.69 Å². The van der Waals surface area contributed by atoms with Crippen molar-refractivity contribution in [3.8, 4) is 11.5 Å². The molecule has 1 aliphatic rings. The smallest absolute Gasteiger partial charge is 0.277 e. The average molecular weight is 487 g/mol. The van der Waals surface area contributed by atoms with Crippen LogP contribution in [0.2, 0.25) is 0 Å². The Kier molecular flexibility index (Phi) is 7.16. The fourth-order valence-corrected chi connectivity index (χ4v) is 5.87. The molecule has 0 bridgehead atoms. The summed E-state index contributed by atoms with van der Waals surface area (Å²) in [5, 5.41) is 11.2. The molecule has 10 heteroatoms. The van der Waals surface area contributed by atoms with Gasteiger partial charge in [-0.2, -0.15) is 4.31 Å². The Bertz CT molecular complexity index is 1230. The second kappa shape index (κ2) is 10.1. The highest BCUT2D eigenvalue weighted by atomic mass is 32.2. The van der Waals surface area contributed by atoms with E-state index in [2.05, 4.69) is 15.5 Å². The van der Waals surface area contributed by atoms with Crippen LogP contribution < -0.4 is 5.32 Å². The Labute approximate surface area is 197 Å². The largest absolute Gasteiger partial charge is 0.411 e. The number of sulfonamides is 1. The van der Waals surface area contributed by atoms with Crippen molar-refractivity contribution in [1.82, 2.24) is 14.5 Å². The molecule has 2 aromatic carbocycles. The highest BCUT2D eigenvalue weighted by Gasteiger charge is 2.26. The number of thioether (sulfide) groups is 1. The van der Waals surface area contributed by atoms with Gasteiger partial charge in [-0.1, -0.05) is 42.4 Å². The summed E-state index contributed by atoms with van der Waals surface area (Å²) >= 11 is 1.13. The van der Waals surface area contributed by atoms with E-state index in [4.69, 9.17) is 4.42 Å². The van der Waals surface area contributed by atoms with Crippen molar-refractivity contribution in [2.75, 3.05) is 24.2 Å². The van der Waals surface area contributed by atoms with Gasteiger partial charge in [-0.3, -0.25) is 4.79 Å². The number of piperidine rings is 1. The number of rotatable bonds is 7. The van der Waals surface area contributed by atoms with E-state index in [1.54, 1.807) is 24.3 Å². The highest BCUT2D eigenvalue weighted by molar-refractivity contribution is 7.99. The highest BCUT2D eigenvalue weighted by Crippen LogP contribution is 2.28. The van der Waals surface area contributed by atoms with E-state index >= 15 is 0 Å². The minimum atomic E-state index is -3.56. The number of amides is 1. The number of aromatic nitrogens is 2. The van der Waals surface area contributed by atoms with Crippen LogP contribution >= 0.6 is 11.8 Å². The van der Waals surface area contributed by atoms with Gasteiger partial charge in [0.1, 0.15) is 0 Å². The Morgan fingerprint density at radius 3 is 2.48 bits per heavy atom. The molecule has 0 unspecified atom stereocenters. The molecule has 1 amide bonds. The second-order valence-electron chi connectivity index (χ2n) is 7.97. The number of aryl methyl sites for hydroxylation is 2. The molecule has 1 saturated heterocycles. The van der Waals surface area contributed by atoms with Crippen LogP contribution in [0.25, 0.3) is 11.5 Å². The van der Waals surface area contributed by atoms with E-state index < -0.39 is 10.0 Å². The molecule has 0 aliphatic carbocycles. The molecule has 4 rings (SSSR count). The number of carbonyl (C=O) groups is 1. The SMILES string of the molecule is Cc1cccc(C)c1NC(=O)CSc1nnc(-c2cccc(S(=O)(=O)N3CCCCC3)c2)o1. The van der Waals surface area contributed by atoms with Crippen LogP contribution in [-0.2, 0) is 14.8 Å². The van der Waals surface area contributed by atoms with Gasteiger partial charge in [0.15, 0.2) is 0 Å². The monoisotopic (exact) mass is 486 g/mol. The van der Waals surface area contributed by atoms with Crippen molar-refractivity contribution >= 4 is 33.4 Å². The third-order valence-corrected chi connectivity index (χ3v) is 8.23. The van der Waals surface area contributed by atoms with Crippen molar-refractivity contribution in [2.24, 2.45) is 0 Å². The van der Waals surface area contributed by atoms with Crippen LogP contribution in [-0.4, -0.2) is 47.7 Å². The summed E-state index contributed by atoms with van der Waals surface area (Å²) in [5.74, 6) is 0.147. The van der Waals surface area contributed by atoms with Gasteiger partial charge in [-0.15, -0.1) is 10.2 Å². The molecule has 174 valence electrons. The van der Waals surface area contributed by atoms with E-state index in [-0.39, 0.29) is 27.7 Å². The quantitative estimate of drug-likeness (QED) is 0.498. The van der Waals surface area contributed by atoms with Crippen molar-refractivity contribution in [3.05, 3.63) is 53.6 Å². The maximum atomic E-state index is 13.0. The maximum Gasteiger partial charge on any atom is 0.277 e. The standard InChI is InChI=1S/C23H26N4O4S2/c1-16-8-6-9-17(2)21(16)24-20(28)15-32-23-26-25-22(31-23)18-10-7-11-19(14-18)33(29,30)27-12-4-3-5-13-27/h6-11,14H,3-5,12-13,15H2,1-2H3,(H,24,28). The lowest BCUT2D eigenvalue weighted by Gasteiger charge is -2.25. The number of carbonyl (C=O) groups excluding carboxylic acids is 1. The predicted octanol–water partition coefficient (Wildman–Crippen LogP) is 4.26. The van der Waals surface area contributed by atoms with Gasteiger partial charge in [0.2, 0.25) is 21.8 Å². The van der Waals surface area contributed by atoms with Crippen molar-refractivity contribution in [3.63, 3.8) is 0 Å². The first kappa shape index (κ1) is 23.5. The lowest BCUT2D eigenvalue weighted by molar-refractivity contribution is -0.113. The van der Waals surface area contributed by atoms with Crippen LogP contribution in [0, 0.1) is 13.8 Å². The first-order valence-corrected chi connectivity index (χ1v) is 13.2. The number of para-hydroxylation sites is 1. The molecular weight excluding hydrogens is 460 g/mol. The van der Waals surface area contributed by atoms with E-state index in [0.717, 1.165) is 47.8 Å². The van der Waals surface area contributed by atoms with Crippen molar-refractivity contribution in [1.29, 1.82) is 0 Å². The second-order valence-corrected chi connectivity index (χ2v) is 10.8. The van der Waals surface area contributed by atoms with Crippen LogP contribution in [0.15, 0.2) is 57.0 Å². The van der Waals surface area contributed by atoms with E-state index in [1.165, 1.54) is 4.31 Å². The zero-order valence-corrected chi connectivity index (χ0v) is 20.2. The number of nitrogens with zero attached hydrogens (tertiary/aromatic N) is 3. The molecule has 1 fully saturated rings. The summed E-state index contributed by atoms with van der Waals surface area (Å²) < 4.78 is 33.1.